The molecule has 134 valence electrons. The van der Waals surface area contributed by atoms with Crippen molar-refractivity contribution < 1.29 is 9.31 Å². The highest BCUT2D eigenvalue weighted by Gasteiger charge is 2.22. The molecule has 1 aliphatic rings. The van der Waals surface area contributed by atoms with Gasteiger partial charge in [-0.25, -0.2) is 4.39 Å². The van der Waals surface area contributed by atoms with Gasteiger partial charge in [-0.05, 0) is 18.2 Å². The van der Waals surface area contributed by atoms with Crippen LogP contribution in [0.15, 0.2) is 36.4 Å². The third-order valence-electron chi connectivity index (χ3n) is 4.47. The number of halogens is 2. The second kappa shape index (κ2) is 7.68. The van der Waals surface area contributed by atoms with E-state index < -0.39 is 4.92 Å². The molecule has 0 unspecified atom stereocenters. The molecule has 1 aliphatic heterocycles. The molecular formula is C18H16ClFN4O2. The van der Waals surface area contributed by atoms with E-state index in [4.69, 9.17) is 11.6 Å². The van der Waals surface area contributed by atoms with Gasteiger partial charge in [-0.1, -0.05) is 17.7 Å². The summed E-state index contributed by atoms with van der Waals surface area (Å²) in [7, 11) is 0. The number of nitro groups is 1. The molecule has 0 bridgehead atoms. The van der Waals surface area contributed by atoms with Crippen LogP contribution in [-0.2, 0) is 6.54 Å². The molecule has 2 aromatic rings. The number of nitro benzene ring substituents is 1. The summed E-state index contributed by atoms with van der Waals surface area (Å²) >= 11 is 6.09. The largest absolute Gasteiger partial charge is 0.368 e. The monoisotopic (exact) mass is 374 g/mol. The van der Waals surface area contributed by atoms with E-state index in [1.807, 2.05) is 11.0 Å². The molecule has 3 rings (SSSR count). The topological polar surface area (TPSA) is 73.4 Å². The maximum absolute atomic E-state index is 13.9. The predicted molar refractivity (Wildman–Crippen MR) is 96.7 cm³/mol. The maximum atomic E-state index is 13.9. The third kappa shape index (κ3) is 3.77. The summed E-state index contributed by atoms with van der Waals surface area (Å²) < 4.78 is 13.9. The molecule has 0 amide bonds. The number of piperazine rings is 1. The van der Waals surface area contributed by atoms with Crippen LogP contribution < -0.4 is 4.90 Å². The number of nitrogens with zero attached hydrogens (tertiary/aromatic N) is 4. The molecule has 8 heteroatoms. The molecule has 0 aromatic heterocycles. The molecule has 6 nitrogen and oxygen atoms in total. The molecule has 0 atom stereocenters. The minimum absolute atomic E-state index is 0.0990. The van der Waals surface area contributed by atoms with E-state index in [2.05, 4.69) is 4.90 Å². The van der Waals surface area contributed by atoms with Gasteiger partial charge in [0.1, 0.15) is 11.9 Å². The third-order valence-corrected chi connectivity index (χ3v) is 4.82. The fraction of sp³-hybridized carbons (Fsp3) is 0.278. The van der Waals surface area contributed by atoms with E-state index in [9.17, 15) is 19.8 Å². The second-order valence-electron chi connectivity index (χ2n) is 6.03. The Hall–Kier alpha value is -2.69. The number of non-ortho nitro benzene ring substituents is 1. The standard InChI is InChI=1S/C18H16ClFN4O2/c19-16-2-1-3-17(20)15(16)12-22-6-8-23(9-7-22)18-5-4-14(24(25)26)10-13(18)11-21/h1-5,10H,6-9,12H2. The molecule has 1 fully saturated rings. The zero-order chi connectivity index (χ0) is 18.7. The summed E-state index contributed by atoms with van der Waals surface area (Å²) in [4.78, 5) is 14.5. The van der Waals surface area contributed by atoms with Crippen molar-refractivity contribution in [2.24, 2.45) is 0 Å². The Labute approximate surface area is 155 Å². The molecule has 0 N–H and O–H groups in total. The lowest BCUT2D eigenvalue weighted by Gasteiger charge is -2.36. The Morgan fingerprint density at radius 2 is 1.96 bits per heavy atom. The van der Waals surface area contributed by atoms with Crippen LogP contribution in [0.25, 0.3) is 0 Å². The van der Waals surface area contributed by atoms with E-state index >= 15 is 0 Å². The van der Waals surface area contributed by atoms with Crippen LogP contribution in [0.1, 0.15) is 11.1 Å². The fourth-order valence-electron chi connectivity index (χ4n) is 3.06. The fourth-order valence-corrected chi connectivity index (χ4v) is 3.28. The van der Waals surface area contributed by atoms with Crippen molar-refractivity contribution in [1.82, 2.24) is 4.90 Å². The van der Waals surface area contributed by atoms with Crippen LogP contribution >= 0.6 is 11.6 Å². The van der Waals surface area contributed by atoms with Gasteiger partial charge in [0.25, 0.3) is 5.69 Å². The molecule has 26 heavy (non-hydrogen) atoms. The minimum atomic E-state index is -0.513. The highest BCUT2D eigenvalue weighted by atomic mass is 35.5. The number of hydrogen-bond donors (Lipinski definition) is 0. The number of benzene rings is 2. The highest BCUT2D eigenvalue weighted by molar-refractivity contribution is 6.31. The first-order chi connectivity index (χ1) is 12.5. The first-order valence-corrected chi connectivity index (χ1v) is 8.46. The van der Waals surface area contributed by atoms with E-state index in [1.54, 1.807) is 18.2 Å². The summed E-state index contributed by atoms with van der Waals surface area (Å²) in [6, 6.07) is 11.0. The first kappa shape index (κ1) is 18.1. The van der Waals surface area contributed by atoms with Crippen LogP contribution in [0.2, 0.25) is 5.02 Å². The lowest BCUT2D eigenvalue weighted by molar-refractivity contribution is -0.384. The van der Waals surface area contributed by atoms with Crippen molar-refractivity contribution >= 4 is 23.0 Å². The number of anilines is 1. The van der Waals surface area contributed by atoms with Crippen LogP contribution in [0, 0.1) is 27.3 Å². The van der Waals surface area contributed by atoms with Crippen molar-refractivity contribution in [2.45, 2.75) is 6.54 Å². The minimum Gasteiger partial charge on any atom is -0.368 e. The van der Waals surface area contributed by atoms with Crippen molar-refractivity contribution in [3.8, 4) is 6.07 Å². The second-order valence-corrected chi connectivity index (χ2v) is 6.44. The Morgan fingerprint density at radius 1 is 1.23 bits per heavy atom. The van der Waals surface area contributed by atoms with E-state index in [1.165, 1.54) is 18.2 Å². The van der Waals surface area contributed by atoms with E-state index in [0.717, 1.165) is 0 Å². The lowest BCUT2D eigenvalue weighted by atomic mass is 10.1. The average molecular weight is 375 g/mol. The average Bonchev–Trinajstić information content (AvgIpc) is 2.65. The molecule has 0 spiro atoms. The van der Waals surface area contributed by atoms with Crippen molar-refractivity contribution in [2.75, 3.05) is 31.1 Å². The predicted octanol–water partition coefficient (Wildman–Crippen LogP) is 3.58. The van der Waals surface area contributed by atoms with Crippen molar-refractivity contribution in [1.29, 1.82) is 5.26 Å². The zero-order valence-corrected chi connectivity index (χ0v) is 14.6. The van der Waals surface area contributed by atoms with Crippen LogP contribution in [0.5, 0.6) is 0 Å². The first-order valence-electron chi connectivity index (χ1n) is 8.08. The van der Waals surface area contributed by atoms with Crippen LogP contribution in [0.3, 0.4) is 0 Å². The molecule has 0 aliphatic carbocycles. The molecular weight excluding hydrogens is 359 g/mol. The highest BCUT2D eigenvalue weighted by Crippen LogP contribution is 2.27. The van der Waals surface area contributed by atoms with Gasteiger partial charge in [0.05, 0.1) is 16.2 Å². The normalized spacial score (nSPS) is 14.9. The van der Waals surface area contributed by atoms with Gasteiger partial charge in [0.2, 0.25) is 0 Å². The van der Waals surface area contributed by atoms with E-state index in [-0.39, 0.29) is 17.1 Å². The lowest BCUT2D eigenvalue weighted by Crippen LogP contribution is -2.46. The summed E-state index contributed by atoms with van der Waals surface area (Å²) in [5.74, 6) is -0.318. The van der Waals surface area contributed by atoms with Gasteiger partial charge in [-0.15, -0.1) is 0 Å². The SMILES string of the molecule is N#Cc1cc([N+](=O)[O-])ccc1N1CCN(Cc2c(F)cccc2Cl)CC1. The Bertz CT molecular complexity index is 856. The molecule has 0 radical (unpaired) electrons. The van der Waals surface area contributed by atoms with Crippen LogP contribution in [-0.4, -0.2) is 36.0 Å². The summed E-state index contributed by atoms with van der Waals surface area (Å²) in [6.07, 6.45) is 0. The zero-order valence-electron chi connectivity index (χ0n) is 13.9. The summed E-state index contributed by atoms with van der Waals surface area (Å²) in [6.45, 7) is 3.04. The maximum Gasteiger partial charge on any atom is 0.270 e. The number of rotatable bonds is 4. The number of hydrogen-bond acceptors (Lipinski definition) is 5. The van der Waals surface area contributed by atoms with Crippen LogP contribution in [0.4, 0.5) is 15.8 Å². The number of nitriles is 1. The van der Waals surface area contributed by atoms with Gasteiger partial charge in [-0.3, -0.25) is 15.0 Å². The van der Waals surface area contributed by atoms with Crippen molar-refractivity contribution in [3.63, 3.8) is 0 Å². The summed E-state index contributed by atoms with van der Waals surface area (Å²) in [5.41, 5.74) is 1.35. The smallest absolute Gasteiger partial charge is 0.270 e. The van der Waals surface area contributed by atoms with Gasteiger partial charge in [0.15, 0.2) is 0 Å². The Balaban J connectivity index is 1.69. The van der Waals surface area contributed by atoms with E-state index in [0.29, 0.717) is 49.0 Å². The Morgan fingerprint density at radius 3 is 2.58 bits per heavy atom. The Kier molecular flexibility index (Phi) is 5.35. The quantitative estimate of drug-likeness (QED) is 0.604. The van der Waals surface area contributed by atoms with Gasteiger partial charge in [0, 0.05) is 55.4 Å². The summed E-state index contributed by atoms with van der Waals surface area (Å²) in [5, 5.41) is 20.6. The van der Waals surface area contributed by atoms with Gasteiger partial charge < -0.3 is 4.90 Å². The molecule has 2 aromatic carbocycles. The van der Waals surface area contributed by atoms with Crippen molar-refractivity contribution in [3.05, 3.63) is 68.5 Å². The molecule has 1 heterocycles. The molecule has 1 saturated heterocycles. The molecule has 0 saturated carbocycles. The van der Waals surface area contributed by atoms with Gasteiger partial charge >= 0.3 is 0 Å². The van der Waals surface area contributed by atoms with Gasteiger partial charge in [-0.2, -0.15) is 5.26 Å².